The standard InChI is InChI=1S/C4H10O3.C3H3N3/c5-1-3-7-4-2-6;1-2-4-6-5-3-1/h5-6H,1-4H2;1-3H. The monoisotopic (exact) mass is 187 g/mol. The van der Waals surface area contributed by atoms with E-state index in [1.54, 1.807) is 18.5 Å². The Morgan fingerprint density at radius 2 is 1.54 bits per heavy atom. The molecule has 0 aromatic carbocycles. The van der Waals surface area contributed by atoms with E-state index in [0.717, 1.165) is 0 Å². The number of aliphatic hydroxyl groups excluding tert-OH is 2. The number of ether oxygens (including phenoxy) is 1. The molecule has 0 saturated carbocycles. The van der Waals surface area contributed by atoms with E-state index in [1.165, 1.54) is 0 Å². The van der Waals surface area contributed by atoms with Crippen molar-refractivity contribution in [3.8, 4) is 0 Å². The molecule has 2 N–H and O–H groups in total. The summed E-state index contributed by atoms with van der Waals surface area (Å²) in [5, 5.41) is 26.3. The lowest BCUT2D eigenvalue weighted by molar-refractivity contribution is 0.0650. The van der Waals surface area contributed by atoms with Gasteiger partial charge in [-0.3, -0.25) is 0 Å². The highest BCUT2D eigenvalue weighted by molar-refractivity contribution is 4.69. The summed E-state index contributed by atoms with van der Waals surface area (Å²) in [7, 11) is 0. The molecule has 0 bridgehead atoms. The normalized spacial score (nSPS) is 8.77. The fraction of sp³-hybridized carbons (Fsp3) is 0.571. The van der Waals surface area contributed by atoms with Crippen LogP contribution in [0, 0.1) is 0 Å². The Hall–Kier alpha value is -1.11. The molecule has 1 rings (SSSR count). The Morgan fingerprint density at radius 1 is 1.00 bits per heavy atom. The van der Waals surface area contributed by atoms with Gasteiger partial charge in [0.1, 0.15) is 0 Å². The molecule has 1 heterocycles. The van der Waals surface area contributed by atoms with Crippen molar-refractivity contribution in [2.24, 2.45) is 0 Å². The molecular formula is C7H13N3O3. The quantitative estimate of drug-likeness (QED) is 0.579. The number of hydrogen-bond donors (Lipinski definition) is 2. The zero-order chi connectivity index (χ0) is 9.78. The van der Waals surface area contributed by atoms with Gasteiger partial charge in [-0.2, -0.15) is 0 Å². The molecule has 6 nitrogen and oxygen atoms in total. The van der Waals surface area contributed by atoms with Crippen molar-refractivity contribution < 1.29 is 14.9 Å². The highest BCUT2D eigenvalue weighted by atomic mass is 16.5. The lowest BCUT2D eigenvalue weighted by Gasteiger charge is -1.94. The van der Waals surface area contributed by atoms with Crippen LogP contribution in [0.4, 0.5) is 0 Å². The highest BCUT2D eigenvalue weighted by Crippen LogP contribution is 1.68. The van der Waals surface area contributed by atoms with Crippen LogP contribution in [0.1, 0.15) is 0 Å². The third-order valence-corrected chi connectivity index (χ3v) is 0.880. The Morgan fingerprint density at radius 3 is 1.77 bits per heavy atom. The molecule has 6 heteroatoms. The predicted octanol–water partition coefficient (Wildman–Crippen LogP) is -1.14. The first-order valence-electron chi connectivity index (χ1n) is 3.79. The van der Waals surface area contributed by atoms with Crippen molar-refractivity contribution >= 4 is 0 Å². The minimum absolute atomic E-state index is 0.0278. The van der Waals surface area contributed by atoms with E-state index < -0.39 is 0 Å². The summed E-state index contributed by atoms with van der Waals surface area (Å²) in [5.74, 6) is 0. The molecule has 1 aromatic rings. The Kier molecular flexibility index (Phi) is 9.96. The smallest absolute Gasteiger partial charge is 0.0698 e. The molecule has 0 amide bonds. The molecule has 13 heavy (non-hydrogen) atoms. The molecule has 1 aromatic heterocycles. The molecule has 0 saturated heterocycles. The van der Waals surface area contributed by atoms with Gasteiger partial charge < -0.3 is 14.9 Å². The van der Waals surface area contributed by atoms with Crippen molar-refractivity contribution in [2.75, 3.05) is 26.4 Å². The summed E-state index contributed by atoms with van der Waals surface area (Å²) in [6.45, 7) is 0.696. The fourth-order valence-corrected chi connectivity index (χ4v) is 0.436. The first kappa shape index (κ1) is 11.9. The van der Waals surface area contributed by atoms with E-state index in [4.69, 9.17) is 10.2 Å². The van der Waals surface area contributed by atoms with Crippen molar-refractivity contribution in [3.05, 3.63) is 18.5 Å². The number of aliphatic hydroxyl groups is 2. The Bertz CT molecular complexity index is 143. The van der Waals surface area contributed by atoms with Crippen LogP contribution in [0.2, 0.25) is 0 Å². The van der Waals surface area contributed by atoms with E-state index in [-0.39, 0.29) is 13.2 Å². The minimum atomic E-state index is 0.0278. The average Bonchev–Trinajstić information content (AvgIpc) is 2.22. The highest BCUT2D eigenvalue weighted by Gasteiger charge is 1.79. The largest absolute Gasteiger partial charge is 0.394 e. The molecular weight excluding hydrogens is 174 g/mol. The number of hydrogen-bond acceptors (Lipinski definition) is 6. The van der Waals surface area contributed by atoms with Gasteiger partial charge in [-0.15, -0.1) is 10.2 Å². The number of nitrogens with zero attached hydrogens (tertiary/aromatic N) is 3. The molecule has 0 fully saturated rings. The molecule has 0 aliphatic carbocycles. The molecule has 0 aliphatic rings. The van der Waals surface area contributed by atoms with Crippen LogP contribution >= 0.6 is 0 Å². The van der Waals surface area contributed by atoms with Crippen molar-refractivity contribution in [3.63, 3.8) is 0 Å². The zero-order valence-corrected chi connectivity index (χ0v) is 7.20. The van der Waals surface area contributed by atoms with Crippen LogP contribution in [-0.2, 0) is 4.74 Å². The first-order chi connectivity index (χ1) is 6.41. The van der Waals surface area contributed by atoms with Crippen LogP contribution in [0.15, 0.2) is 18.5 Å². The maximum Gasteiger partial charge on any atom is 0.0698 e. The maximum atomic E-state index is 8.09. The number of aromatic nitrogens is 3. The van der Waals surface area contributed by atoms with Gasteiger partial charge in [0.15, 0.2) is 0 Å². The zero-order valence-electron chi connectivity index (χ0n) is 7.20. The SMILES string of the molecule is OCCOCCO.c1cnnnc1. The average molecular weight is 187 g/mol. The lowest BCUT2D eigenvalue weighted by Crippen LogP contribution is -2.03. The second kappa shape index (κ2) is 10.9. The third kappa shape index (κ3) is 10.9. The molecule has 0 unspecified atom stereocenters. The molecule has 0 spiro atoms. The van der Waals surface area contributed by atoms with Gasteiger partial charge in [0.05, 0.1) is 38.8 Å². The molecule has 0 aliphatic heterocycles. The van der Waals surface area contributed by atoms with Crippen LogP contribution < -0.4 is 0 Å². The lowest BCUT2D eigenvalue weighted by atomic mass is 10.7. The van der Waals surface area contributed by atoms with E-state index in [9.17, 15) is 0 Å². The summed E-state index contributed by atoms with van der Waals surface area (Å²) in [5.41, 5.74) is 0. The van der Waals surface area contributed by atoms with Gasteiger partial charge >= 0.3 is 0 Å². The van der Waals surface area contributed by atoms with Gasteiger partial charge in [0.25, 0.3) is 0 Å². The van der Waals surface area contributed by atoms with Crippen LogP contribution in [0.5, 0.6) is 0 Å². The molecule has 0 atom stereocenters. The first-order valence-corrected chi connectivity index (χ1v) is 3.79. The van der Waals surface area contributed by atoms with Gasteiger partial charge in [0.2, 0.25) is 0 Å². The fourth-order valence-electron chi connectivity index (χ4n) is 0.436. The summed E-state index contributed by atoms with van der Waals surface area (Å²) < 4.78 is 4.63. The summed E-state index contributed by atoms with van der Waals surface area (Å²) in [6, 6.07) is 1.72. The second-order valence-electron chi connectivity index (χ2n) is 1.87. The van der Waals surface area contributed by atoms with Gasteiger partial charge in [-0.1, -0.05) is 0 Å². The summed E-state index contributed by atoms with van der Waals surface area (Å²) in [4.78, 5) is 0. The molecule has 74 valence electrons. The van der Waals surface area contributed by atoms with Crippen LogP contribution in [-0.4, -0.2) is 52.1 Å². The van der Waals surface area contributed by atoms with Gasteiger partial charge in [0, 0.05) is 0 Å². The van der Waals surface area contributed by atoms with E-state index in [2.05, 4.69) is 20.1 Å². The van der Waals surface area contributed by atoms with E-state index in [1.807, 2.05) is 0 Å². The van der Waals surface area contributed by atoms with Crippen LogP contribution in [0.25, 0.3) is 0 Å². The third-order valence-electron chi connectivity index (χ3n) is 0.880. The van der Waals surface area contributed by atoms with Crippen molar-refractivity contribution in [1.29, 1.82) is 0 Å². The Balaban J connectivity index is 0.000000223. The topological polar surface area (TPSA) is 88.4 Å². The van der Waals surface area contributed by atoms with Crippen molar-refractivity contribution in [2.45, 2.75) is 0 Å². The van der Waals surface area contributed by atoms with Gasteiger partial charge in [-0.05, 0) is 11.3 Å². The van der Waals surface area contributed by atoms with Crippen molar-refractivity contribution in [1.82, 2.24) is 15.4 Å². The maximum absolute atomic E-state index is 8.09. The predicted molar refractivity (Wildman–Crippen MR) is 44.8 cm³/mol. The van der Waals surface area contributed by atoms with E-state index >= 15 is 0 Å². The number of rotatable bonds is 4. The Labute approximate surface area is 76.2 Å². The van der Waals surface area contributed by atoms with Crippen LogP contribution in [0.3, 0.4) is 0 Å². The second-order valence-corrected chi connectivity index (χ2v) is 1.87. The summed E-state index contributed by atoms with van der Waals surface area (Å²) >= 11 is 0. The molecule has 0 radical (unpaired) electrons. The van der Waals surface area contributed by atoms with Gasteiger partial charge in [-0.25, -0.2) is 0 Å². The summed E-state index contributed by atoms with van der Waals surface area (Å²) in [6.07, 6.45) is 3.15. The minimum Gasteiger partial charge on any atom is -0.394 e. The van der Waals surface area contributed by atoms with E-state index in [0.29, 0.717) is 13.2 Å².